The van der Waals surface area contributed by atoms with Crippen LogP contribution in [0.1, 0.15) is 17.5 Å². The maximum absolute atomic E-state index is 11.6. The molecule has 0 spiro atoms. The van der Waals surface area contributed by atoms with E-state index in [0.29, 0.717) is 25.1 Å². The van der Waals surface area contributed by atoms with E-state index in [9.17, 15) is 8.42 Å². The fourth-order valence-electron chi connectivity index (χ4n) is 2.29. The van der Waals surface area contributed by atoms with Gasteiger partial charge in [-0.3, -0.25) is 4.90 Å². The molecule has 0 bridgehead atoms. The van der Waals surface area contributed by atoms with Gasteiger partial charge in [-0.15, -0.1) is 0 Å². The smallest absolute Gasteiger partial charge is 0.170 e. The van der Waals surface area contributed by atoms with Crippen LogP contribution in [0.15, 0.2) is 29.4 Å². The monoisotopic (exact) mass is 297 g/mol. The Morgan fingerprint density at radius 1 is 1.35 bits per heavy atom. The Morgan fingerprint density at radius 3 is 2.90 bits per heavy atom. The Morgan fingerprint density at radius 2 is 2.15 bits per heavy atom. The molecule has 3 N–H and O–H groups in total. The SMILES string of the molecule is N/C(=N/O)c1cccc(CN2CCCS(=O)(=O)CC2)c1. The first-order chi connectivity index (χ1) is 9.50. The second-order valence-electron chi connectivity index (χ2n) is 4.97. The Labute approximate surface area is 118 Å². The molecule has 1 aromatic rings. The quantitative estimate of drug-likeness (QED) is 0.364. The maximum atomic E-state index is 11.6. The molecule has 7 heteroatoms. The van der Waals surface area contributed by atoms with Crippen molar-refractivity contribution in [3.8, 4) is 0 Å². The van der Waals surface area contributed by atoms with Gasteiger partial charge in [-0.1, -0.05) is 23.4 Å². The van der Waals surface area contributed by atoms with Crippen molar-refractivity contribution in [2.75, 3.05) is 24.6 Å². The molecule has 6 nitrogen and oxygen atoms in total. The van der Waals surface area contributed by atoms with Gasteiger partial charge in [0.2, 0.25) is 0 Å². The average molecular weight is 297 g/mol. The Hall–Kier alpha value is -1.60. The Bertz CT molecular complexity index is 599. The molecule has 110 valence electrons. The summed E-state index contributed by atoms with van der Waals surface area (Å²) in [6, 6.07) is 7.42. The van der Waals surface area contributed by atoms with Crippen molar-refractivity contribution in [1.82, 2.24) is 4.90 Å². The lowest BCUT2D eigenvalue weighted by atomic mass is 10.1. The molecule has 1 fully saturated rings. The highest BCUT2D eigenvalue weighted by Crippen LogP contribution is 2.12. The molecule has 0 amide bonds. The summed E-state index contributed by atoms with van der Waals surface area (Å²) < 4.78 is 23.1. The molecule has 0 radical (unpaired) electrons. The van der Waals surface area contributed by atoms with E-state index in [2.05, 4.69) is 10.1 Å². The Balaban J connectivity index is 2.06. The zero-order valence-electron chi connectivity index (χ0n) is 11.2. The minimum absolute atomic E-state index is 0.0743. The fourth-order valence-corrected chi connectivity index (χ4v) is 3.60. The van der Waals surface area contributed by atoms with Crippen molar-refractivity contribution in [3.05, 3.63) is 35.4 Å². The lowest BCUT2D eigenvalue weighted by Gasteiger charge is -2.19. The van der Waals surface area contributed by atoms with E-state index in [0.717, 1.165) is 12.1 Å². The molecule has 1 aliphatic heterocycles. The lowest BCUT2D eigenvalue weighted by Crippen LogP contribution is -2.26. The molecule has 1 aromatic carbocycles. The number of hydrogen-bond acceptors (Lipinski definition) is 5. The molecule has 1 heterocycles. The molecule has 0 saturated carbocycles. The van der Waals surface area contributed by atoms with Crippen molar-refractivity contribution in [1.29, 1.82) is 0 Å². The van der Waals surface area contributed by atoms with Gasteiger partial charge >= 0.3 is 0 Å². The van der Waals surface area contributed by atoms with Gasteiger partial charge < -0.3 is 10.9 Å². The highest BCUT2D eigenvalue weighted by atomic mass is 32.2. The van der Waals surface area contributed by atoms with Gasteiger partial charge in [-0.2, -0.15) is 0 Å². The first-order valence-corrected chi connectivity index (χ1v) is 8.32. The number of oxime groups is 1. The molecule has 20 heavy (non-hydrogen) atoms. The van der Waals surface area contributed by atoms with Crippen molar-refractivity contribution in [3.63, 3.8) is 0 Å². The molecule has 0 aliphatic carbocycles. The van der Waals surface area contributed by atoms with Gasteiger partial charge in [-0.25, -0.2) is 8.42 Å². The van der Waals surface area contributed by atoms with Gasteiger partial charge in [0.25, 0.3) is 0 Å². The third kappa shape index (κ3) is 3.94. The van der Waals surface area contributed by atoms with Crippen LogP contribution in [0.2, 0.25) is 0 Å². The van der Waals surface area contributed by atoms with Crippen LogP contribution >= 0.6 is 0 Å². The van der Waals surface area contributed by atoms with Gasteiger partial charge in [0.15, 0.2) is 15.7 Å². The van der Waals surface area contributed by atoms with E-state index in [-0.39, 0.29) is 17.3 Å². The molecule has 1 saturated heterocycles. The van der Waals surface area contributed by atoms with E-state index in [4.69, 9.17) is 10.9 Å². The fraction of sp³-hybridized carbons (Fsp3) is 0.462. The number of nitrogens with two attached hydrogens (primary N) is 1. The van der Waals surface area contributed by atoms with Gasteiger partial charge in [-0.05, 0) is 24.6 Å². The summed E-state index contributed by atoms with van der Waals surface area (Å²) in [6.07, 6.45) is 0.669. The summed E-state index contributed by atoms with van der Waals surface area (Å²) >= 11 is 0. The van der Waals surface area contributed by atoms with Crippen LogP contribution < -0.4 is 5.73 Å². The largest absolute Gasteiger partial charge is 0.409 e. The number of benzene rings is 1. The predicted molar refractivity (Wildman–Crippen MR) is 77.5 cm³/mol. The van der Waals surface area contributed by atoms with E-state index in [1.165, 1.54) is 0 Å². The number of hydrogen-bond donors (Lipinski definition) is 2. The number of sulfone groups is 1. The topological polar surface area (TPSA) is 96.0 Å². The summed E-state index contributed by atoms with van der Waals surface area (Å²) in [5.74, 6) is 0.561. The van der Waals surface area contributed by atoms with E-state index in [1.54, 1.807) is 6.07 Å². The normalized spacial score (nSPS) is 20.5. The third-order valence-corrected chi connectivity index (χ3v) is 5.10. The zero-order valence-corrected chi connectivity index (χ0v) is 12.0. The molecule has 2 rings (SSSR count). The average Bonchev–Trinajstić information content (AvgIpc) is 2.60. The molecular weight excluding hydrogens is 278 g/mol. The maximum Gasteiger partial charge on any atom is 0.170 e. The summed E-state index contributed by atoms with van der Waals surface area (Å²) in [6.45, 7) is 1.99. The van der Waals surface area contributed by atoms with Crippen LogP contribution in [-0.2, 0) is 16.4 Å². The third-order valence-electron chi connectivity index (χ3n) is 3.38. The lowest BCUT2D eigenvalue weighted by molar-refractivity contribution is 0.287. The summed E-state index contributed by atoms with van der Waals surface area (Å²) in [5.41, 5.74) is 7.25. The van der Waals surface area contributed by atoms with Crippen molar-refractivity contribution in [2.24, 2.45) is 10.9 Å². The van der Waals surface area contributed by atoms with Crippen LogP contribution in [0.5, 0.6) is 0 Å². The molecule has 1 aliphatic rings. The van der Waals surface area contributed by atoms with E-state index >= 15 is 0 Å². The molecular formula is C13H19N3O3S. The summed E-state index contributed by atoms with van der Waals surface area (Å²) in [5, 5.41) is 11.7. The number of nitrogens with zero attached hydrogens (tertiary/aromatic N) is 2. The van der Waals surface area contributed by atoms with E-state index < -0.39 is 9.84 Å². The van der Waals surface area contributed by atoms with Crippen LogP contribution in [0.3, 0.4) is 0 Å². The first-order valence-electron chi connectivity index (χ1n) is 6.50. The molecule has 0 atom stereocenters. The second-order valence-corrected chi connectivity index (χ2v) is 7.27. The standard InChI is InChI=1S/C13H19N3O3S/c14-13(15-17)12-4-1-3-11(9-12)10-16-5-2-7-20(18,19)8-6-16/h1,3-4,9,17H,2,5-8,10H2,(H2,14,15). The van der Waals surface area contributed by atoms with Crippen LogP contribution in [0.4, 0.5) is 0 Å². The van der Waals surface area contributed by atoms with Gasteiger partial charge in [0, 0.05) is 18.7 Å². The number of rotatable bonds is 3. The molecule has 0 unspecified atom stereocenters. The van der Waals surface area contributed by atoms with Gasteiger partial charge in [0.1, 0.15) is 0 Å². The Kier molecular flexibility index (Phi) is 4.61. The number of amidine groups is 1. The second kappa shape index (κ2) is 6.23. The summed E-state index contributed by atoms with van der Waals surface area (Å²) in [7, 11) is -2.88. The summed E-state index contributed by atoms with van der Waals surface area (Å²) in [4.78, 5) is 2.12. The van der Waals surface area contributed by atoms with Gasteiger partial charge in [0.05, 0.1) is 11.5 Å². The zero-order chi connectivity index (χ0) is 14.6. The predicted octanol–water partition coefficient (Wildman–Crippen LogP) is 0.402. The van der Waals surface area contributed by atoms with Crippen LogP contribution in [0, 0.1) is 0 Å². The van der Waals surface area contributed by atoms with Crippen LogP contribution in [-0.4, -0.2) is 49.0 Å². The first kappa shape index (κ1) is 14.8. The highest BCUT2D eigenvalue weighted by Gasteiger charge is 2.19. The van der Waals surface area contributed by atoms with Crippen molar-refractivity contribution < 1.29 is 13.6 Å². The van der Waals surface area contributed by atoms with Crippen molar-refractivity contribution >= 4 is 15.7 Å². The highest BCUT2D eigenvalue weighted by molar-refractivity contribution is 7.91. The van der Waals surface area contributed by atoms with Crippen LogP contribution in [0.25, 0.3) is 0 Å². The molecule has 0 aromatic heterocycles. The van der Waals surface area contributed by atoms with Crippen molar-refractivity contribution in [2.45, 2.75) is 13.0 Å². The van der Waals surface area contributed by atoms with E-state index in [1.807, 2.05) is 18.2 Å². The minimum atomic E-state index is -2.88. The minimum Gasteiger partial charge on any atom is -0.409 e.